The van der Waals surface area contributed by atoms with Crippen LogP contribution in [0.1, 0.15) is 22.3 Å². The minimum atomic E-state index is -0.548. The molecule has 3 heterocycles. The number of aromatic nitrogens is 2. The summed E-state index contributed by atoms with van der Waals surface area (Å²) in [7, 11) is 0. The number of hydrogen-bond donors (Lipinski definition) is 1. The monoisotopic (exact) mass is 490 g/mol. The number of fused-ring (bicyclic) bond motifs is 2. The lowest BCUT2D eigenvalue weighted by Gasteiger charge is -2.28. The Labute approximate surface area is 204 Å². The van der Waals surface area contributed by atoms with E-state index in [4.69, 9.17) is 4.74 Å². The number of ether oxygens (including phenoxy) is 1. The van der Waals surface area contributed by atoms with E-state index in [0.29, 0.717) is 35.2 Å². The SMILES string of the molecule is Cc1cccc(-c2sccc2C(=O)N2C[C@@H]3C[C@@H]3[C@H]2CNC(=O)Oc2cccc3nsnc23)c1. The first-order chi connectivity index (χ1) is 16.6. The molecule has 34 heavy (non-hydrogen) atoms. The van der Waals surface area contributed by atoms with Gasteiger partial charge in [-0.3, -0.25) is 4.79 Å². The molecule has 1 saturated carbocycles. The summed E-state index contributed by atoms with van der Waals surface area (Å²) < 4.78 is 13.9. The molecule has 7 nitrogen and oxygen atoms in total. The van der Waals surface area contributed by atoms with Crippen LogP contribution in [0.2, 0.25) is 0 Å². The van der Waals surface area contributed by atoms with Gasteiger partial charge < -0.3 is 15.0 Å². The van der Waals surface area contributed by atoms with E-state index in [-0.39, 0.29) is 11.9 Å². The van der Waals surface area contributed by atoms with Crippen LogP contribution in [0.4, 0.5) is 4.79 Å². The number of likely N-dealkylation sites (tertiary alicyclic amines) is 1. The molecule has 1 N–H and O–H groups in total. The standard InChI is InChI=1S/C25H22N4O3S2/c1-14-4-2-5-15(10-14)23-17(8-9-33-23)24(30)29-13-16-11-18(16)20(29)12-26-25(31)32-21-7-3-6-19-22(21)28-34-27-19/h2-10,16,18,20H,11-13H2,1H3,(H,26,31)/t16-,18-,20+/m0/s1. The Morgan fingerprint density at radius 1 is 1.18 bits per heavy atom. The van der Waals surface area contributed by atoms with Crippen molar-refractivity contribution in [3.63, 3.8) is 0 Å². The van der Waals surface area contributed by atoms with Gasteiger partial charge in [0, 0.05) is 18.0 Å². The lowest BCUT2D eigenvalue weighted by molar-refractivity contribution is 0.0706. The maximum Gasteiger partial charge on any atom is 0.412 e. The largest absolute Gasteiger partial charge is 0.412 e. The van der Waals surface area contributed by atoms with Crippen molar-refractivity contribution in [3.8, 4) is 16.2 Å². The molecule has 0 radical (unpaired) electrons. The molecule has 9 heteroatoms. The highest BCUT2D eigenvalue weighted by atomic mass is 32.1. The average molecular weight is 491 g/mol. The molecule has 1 saturated heterocycles. The number of amides is 2. The average Bonchev–Trinajstić information content (AvgIpc) is 3.22. The fourth-order valence-corrected chi connectivity index (χ4v) is 6.32. The van der Waals surface area contributed by atoms with Crippen LogP contribution in [0.3, 0.4) is 0 Å². The Morgan fingerprint density at radius 3 is 2.94 bits per heavy atom. The van der Waals surface area contributed by atoms with Gasteiger partial charge in [0.2, 0.25) is 0 Å². The van der Waals surface area contributed by atoms with Gasteiger partial charge in [-0.25, -0.2) is 4.79 Å². The Hall–Kier alpha value is -3.30. The number of benzene rings is 2. The summed E-state index contributed by atoms with van der Waals surface area (Å²) in [5.74, 6) is 1.36. The zero-order chi connectivity index (χ0) is 23.2. The molecule has 0 spiro atoms. The van der Waals surface area contributed by atoms with E-state index < -0.39 is 6.09 Å². The van der Waals surface area contributed by atoms with Crippen molar-refractivity contribution in [1.29, 1.82) is 0 Å². The smallest absolute Gasteiger partial charge is 0.408 e. The Kier molecular flexibility index (Phi) is 5.30. The number of aryl methyl sites for hydroxylation is 1. The van der Waals surface area contributed by atoms with Gasteiger partial charge in [-0.2, -0.15) is 8.75 Å². The van der Waals surface area contributed by atoms with Crippen molar-refractivity contribution in [2.45, 2.75) is 19.4 Å². The first-order valence-electron chi connectivity index (χ1n) is 11.2. The van der Waals surface area contributed by atoms with Crippen LogP contribution in [-0.4, -0.2) is 44.8 Å². The fourth-order valence-electron chi connectivity index (χ4n) is 4.90. The van der Waals surface area contributed by atoms with Crippen LogP contribution in [-0.2, 0) is 0 Å². The van der Waals surface area contributed by atoms with E-state index in [1.54, 1.807) is 23.5 Å². The highest BCUT2D eigenvalue weighted by Crippen LogP contribution is 2.50. The Bertz CT molecular complexity index is 1400. The number of hydrogen-bond acceptors (Lipinski definition) is 7. The van der Waals surface area contributed by atoms with Gasteiger partial charge in [-0.1, -0.05) is 35.9 Å². The molecule has 2 aromatic heterocycles. The predicted molar refractivity (Wildman–Crippen MR) is 132 cm³/mol. The first-order valence-corrected chi connectivity index (χ1v) is 12.8. The lowest BCUT2D eigenvalue weighted by atomic mass is 10.1. The van der Waals surface area contributed by atoms with Gasteiger partial charge in [0.15, 0.2) is 5.75 Å². The molecule has 172 valence electrons. The van der Waals surface area contributed by atoms with Crippen molar-refractivity contribution in [2.24, 2.45) is 11.8 Å². The van der Waals surface area contributed by atoms with Crippen molar-refractivity contribution in [3.05, 3.63) is 65.0 Å². The van der Waals surface area contributed by atoms with Crippen molar-refractivity contribution < 1.29 is 14.3 Å². The zero-order valence-electron chi connectivity index (χ0n) is 18.4. The third kappa shape index (κ3) is 3.84. The summed E-state index contributed by atoms with van der Waals surface area (Å²) in [6, 6.07) is 15.4. The molecular formula is C25H22N4O3S2. The van der Waals surface area contributed by atoms with Crippen LogP contribution >= 0.6 is 23.1 Å². The molecule has 0 bridgehead atoms. The van der Waals surface area contributed by atoms with E-state index in [1.165, 1.54) is 0 Å². The summed E-state index contributed by atoms with van der Waals surface area (Å²) >= 11 is 2.67. The molecule has 1 aliphatic carbocycles. The second-order valence-electron chi connectivity index (χ2n) is 8.88. The number of rotatable bonds is 5. The molecule has 1 aliphatic heterocycles. The summed E-state index contributed by atoms with van der Waals surface area (Å²) in [6.45, 7) is 3.15. The molecule has 2 amide bonds. The number of piperidine rings is 1. The normalized spacial score (nSPS) is 20.9. The molecule has 2 aliphatic rings. The van der Waals surface area contributed by atoms with E-state index in [0.717, 1.165) is 46.3 Å². The van der Waals surface area contributed by atoms with Crippen LogP contribution in [0.25, 0.3) is 21.5 Å². The predicted octanol–water partition coefficient (Wildman–Crippen LogP) is 4.98. The van der Waals surface area contributed by atoms with Crippen molar-refractivity contribution >= 4 is 46.1 Å². The van der Waals surface area contributed by atoms with Crippen LogP contribution < -0.4 is 10.1 Å². The Balaban J connectivity index is 1.16. The third-order valence-corrected chi connectivity index (χ3v) is 8.15. The van der Waals surface area contributed by atoms with E-state index >= 15 is 0 Å². The number of thiophene rings is 1. The molecule has 2 fully saturated rings. The third-order valence-electron chi connectivity index (χ3n) is 6.65. The summed E-state index contributed by atoms with van der Waals surface area (Å²) in [6.07, 6.45) is 0.552. The van der Waals surface area contributed by atoms with Gasteiger partial charge in [0.1, 0.15) is 11.0 Å². The molecule has 4 aromatic rings. The number of carbonyl (C=O) groups excluding carboxylic acids is 2. The molecule has 0 unspecified atom stereocenters. The van der Waals surface area contributed by atoms with Gasteiger partial charge in [-0.15, -0.1) is 11.3 Å². The fraction of sp³-hybridized carbons (Fsp3) is 0.280. The highest BCUT2D eigenvalue weighted by Gasteiger charge is 2.54. The van der Waals surface area contributed by atoms with Crippen LogP contribution in [0.15, 0.2) is 53.9 Å². The minimum Gasteiger partial charge on any atom is -0.408 e. The second-order valence-corrected chi connectivity index (χ2v) is 10.3. The highest BCUT2D eigenvalue weighted by molar-refractivity contribution is 7.14. The van der Waals surface area contributed by atoms with Gasteiger partial charge in [0.05, 0.1) is 23.3 Å². The summed E-state index contributed by atoms with van der Waals surface area (Å²) in [5.41, 5.74) is 4.22. The van der Waals surface area contributed by atoms with Gasteiger partial charge in [0.25, 0.3) is 5.91 Å². The zero-order valence-corrected chi connectivity index (χ0v) is 20.1. The molecular weight excluding hydrogens is 468 g/mol. The quantitative estimate of drug-likeness (QED) is 0.427. The van der Waals surface area contributed by atoms with Crippen molar-refractivity contribution in [2.75, 3.05) is 13.1 Å². The molecule has 2 aromatic carbocycles. The Morgan fingerprint density at radius 2 is 2.06 bits per heavy atom. The summed E-state index contributed by atoms with van der Waals surface area (Å²) in [5, 5.41) is 4.85. The lowest BCUT2D eigenvalue weighted by Crippen LogP contribution is -2.46. The van der Waals surface area contributed by atoms with Crippen LogP contribution in [0, 0.1) is 18.8 Å². The van der Waals surface area contributed by atoms with E-state index in [9.17, 15) is 9.59 Å². The molecule has 3 atom stereocenters. The number of nitrogens with one attached hydrogen (secondary N) is 1. The molecule has 6 rings (SSSR count). The second kappa shape index (κ2) is 8.48. The number of nitrogens with zero attached hydrogens (tertiary/aromatic N) is 3. The first kappa shape index (κ1) is 21.2. The van der Waals surface area contributed by atoms with E-state index in [1.807, 2.05) is 34.5 Å². The van der Waals surface area contributed by atoms with Crippen molar-refractivity contribution in [1.82, 2.24) is 19.0 Å². The minimum absolute atomic E-state index is 0.0310. The maximum atomic E-state index is 13.6. The van der Waals surface area contributed by atoms with Gasteiger partial charge in [-0.05, 0) is 54.3 Å². The van der Waals surface area contributed by atoms with E-state index in [2.05, 4.69) is 33.1 Å². The van der Waals surface area contributed by atoms with Crippen LogP contribution in [0.5, 0.6) is 5.75 Å². The number of carbonyl (C=O) groups is 2. The maximum absolute atomic E-state index is 13.6. The topological polar surface area (TPSA) is 84.4 Å². The summed E-state index contributed by atoms with van der Waals surface area (Å²) in [4.78, 5) is 29.1. The van der Waals surface area contributed by atoms with Gasteiger partial charge >= 0.3 is 6.09 Å².